The highest BCUT2D eigenvalue weighted by Crippen LogP contribution is 2.36. The monoisotopic (exact) mass is 315 g/mol. The summed E-state index contributed by atoms with van der Waals surface area (Å²) in [6, 6.07) is 18.7. The summed E-state index contributed by atoms with van der Waals surface area (Å²) in [6.45, 7) is 2.04. The summed E-state index contributed by atoms with van der Waals surface area (Å²) in [6.07, 6.45) is 0. The molecule has 0 N–H and O–H groups in total. The lowest BCUT2D eigenvalue weighted by Crippen LogP contribution is -1.95. The Bertz CT molecular complexity index is 1170. The number of hydrogen-bond donors (Lipinski definition) is 0. The second-order valence-electron chi connectivity index (χ2n) is 5.61. The van der Waals surface area contributed by atoms with Crippen molar-refractivity contribution in [3.63, 3.8) is 0 Å². The molecule has 4 heteroatoms. The summed E-state index contributed by atoms with van der Waals surface area (Å²) in [4.78, 5) is 10.8. The molecule has 0 saturated carbocycles. The molecular formula is C19H13N3S. The zero-order valence-electron chi connectivity index (χ0n) is 12.5. The summed E-state index contributed by atoms with van der Waals surface area (Å²) < 4.78 is 2.16. The number of imidazole rings is 1. The van der Waals surface area contributed by atoms with Gasteiger partial charge in [0.05, 0.1) is 16.4 Å². The lowest BCUT2D eigenvalue weighted by atomic mass is 10.1. The molecule has 110 valence electrons. The number of hydrogen-bond acceptors (Lipinski definition) is 3. The molecular weight excluding hydrogens is 302 g/mol. The highest BCUT2D eigenvalue weighted by atomic mass is 32.1. The van der Waals surface area contributed by atoms with E-state index in [9.17, 15) is 0 Å². The van der Waals surface area contributed by atoms with Gasteiger partial charge in [-0.3, -0.25) is 4.40 Å². The maximum absolute atomic E-state index is 4.89. The molecule has 2 aromatic carbocycles. The second kappa shape index (κ2) is 4.64. The molecule has 5 rings (SSSR count). The molecule has 0 radical (unpaired) electrons. The molecule has 0 fully saturated rings. The fraction of sp³-hybridized carbons (Fsp3) is 0.0526. The van der Waals surface area contributed by atoms with Gasteiger partial charge in [0.15, 0.2) is 0 Å². The van der Waals surface area contributed by atoms with Crippen LogP contribution in [0, 0.1) is 6.92 Å². The fourth-order valence-electron chi connectivity index (χ4n) is 3.19. The van der Waals surface area contributed by atoms with Crippen molar-refractivity contribution in [2.75, 3.05) is 0 Å². The smallest absolute Gasteiger partial charge is 0.150 e. The highest BCUT2D eigenvalue weighted by molar-refractivity contribution is 7.17. The molecule has 3 heterocycles. The number of benzene rings is 2. The number of rotatable bonds is 1. The third-order valence-corrected chi connectivity index (χ3v) is 5.10. The molecule has 0 aliphatic rings. The first kappa shape index (κ1) is 12.8. The van der Waals surface area contributed by atoms with Crippen LogP contribution in [0.4, 0.5) is 0 Å². The molecule has 0 amide bonds. The Balaban J connectivity index is 2.00. The van der Waals surface area contributed by atoms with Gasteiger partial charge in [0.25, 0.3) is 0 Å². The van der Waals surface area contributed by atoms with E-state index in [2.05, 4.69) is 46.2 Å². The third kappa shape index (κ3) is 1.75. The summed E-state index contributed by atoms with van der Waals surface area (Å²) in [5.74, 6) is 0.975. The third-order valence-electron chi connectivity index (χ3n) is 4.23. The maximum Gasteiger partial charge on any atom is 0.150 e. The van der Waals surface area contributed by atoms with E-state index >= 15 is 0 Å². The van der Waals surface area contributed by atoms with Gasteiger partial charge in [0, 0.05) is 10.9 Å². The normalized spacial score (nSPS) is 11.7. The van der Waals surface area contributed by atoms with Crippen molar-refractivity contribution in [2.24, 2.45) is 0 Å². The number of para-hydroxylation sites is 2. The van der Waals surface area contributed by atoms with Crippen molar-refractivity contribution in [2.45, 2.75) is 6.92 Å². The van der Waals surface area contributed by atoms with E-state index in [0.717, 1.165) is 32.7 Å². The lowest BCUT2D eigenvalue weighted by Gasteiger charge is -2.04. The van der Waals surface area contributed by atoms with Crippen LogP contribution in [0.15, 0.2) is 60.0 Å². The maximum atomic E-state index is 4.89. The van der Waals surface area contributed by atoms with Crippen molar-refractivity contribution in [1.29, 1.82) is 0 Å². The van der Waals surface area contributed by atoms with Gasteiger partial charge in [-0.25, -0.2) is 9.97 Å². The minimum absolute atomic E-state index is 0.975. The Morgan fingerprint density at radius 2 is 1.70 bits per heavy atom. The quantitative estimate of drug-likeness (QED) is 0.432. The molecule has 0 saturated heterocycles. The topological polar surface area (TPSA) is 30.2 Å². The number of aromatic nitrogens is 3. The molecule has 0 aliphatic carbocycles. The van der Waals surface area contributed by atoms with Crippen LogP contribution in [0.2, 0.25) is 0 Å². The predicted octanol–water partition coefficient (Wildman–Crippen LogP) is 5.07. The number of fused-ring (bicyclic) bond motifs is 5. The molecule has 23 heavy (non-hydrogen) atoms. The Labute approximate surface area is 136 Å². The van der Waals surface area contributed by atoms with Crippen LogP contribution in [-0.4, -0.2) is 14.4 Å². The number of aryl methyl sites for hydroxylation is 1. The van der Waals surface area contributed by atoms with Crippen LogP contribution in [0.1, 0.15) is 5.82 Å². The minimum Gasteiger partial charge on any atom is -0.280 e. The van der Waals surface area contributed by atoms with Crippen LogP contribution in [-0.2, 0) is 0 Å². The van der Waals surface area contributed by atoms with Crippen LogP contribution < -0.4 is 0 Å². The van der Waals surface area contributed by atoms with Crippen molar-refractivity contribution in [1.82, 2.24) is 14.4 Å². The van der Waals surface area contributed by atoms with E-state index in [1.165, 1.54) is 11.1 Å². The molecule has 3 aromatic heterocycles. The van der Waals surface area contributed by atoms with Crippen LogP contribution in [0.3, 0.4) is 0 Å². The zero-order chi connectivity index (χ0) is 15.4. The number of nitrogens with zero attached hydrogens (tertiary/aromatic N) is 3. The summed E-state index contributed by atoms with van der Waals surface area (Å²) >= 11 is 1.68. The Hall–Kier alpha value is -2.72. The first-order valence-electron chi connectivity index (χ1n) is 7.53. The van der Waals surface area contributed by atoms with Gasteiger partial charge in [0.1, 0.15) is 16.3 Å². The van der Waals surface area contributed by atoms with Crippen LogP contribution in [0.25, 0.3) is 38.0 Å². The fourth-order valence-corrected chi connectivity index (χ4v) is 4.18. The van der Waals surface area contributed by atoms with Gasteiger partial charge in [0.2, 0.25) is 0 Å². The lowest BCUT2D eigenvalue weighted by molar-refractivity contribution is 1.04. The standard InChI is InChI=1S/C19H13N3S/c1-12-20-19-17(14(11-23-19)13-7-3-2-4-8-13)18-21-15-9-5-6-10-16(15)22(12)18/h2-11H,1H3. The molecule has 0 bridgehead atoms. The molecule has 0 aliphatic heterocycles. The molecule has 0 unspecified atom stereocenters. The minimum atomic E-state index is 0.975. The van der Waals surface area contributed by atoms with Gasteiger partial charge in [-0.15, -0.1) is 11.3 Å². The van der Waals surface area contributed by atoms with Gasteiger partial charge >= 0.3 is 0 Å². The summed E-state index contributed by atoms with van der Waals surface area (Å²) in [7, 11) is 0. The van der Waals surface area contributed by atoms with E-state index in [0.29, 0.717) is 0 Å². The second-order valence-corrected chi connectivity index (χ2v) is 6.47. The SMILES string of the molecule is Cc1nc2scc(-c3ccccc3)c2c2nc3ccccc3n12. The first-order chi connectivity index (χ1) is 11.3. The van der Waals surface area contributed by atoms with Gasteiger partial charge in [-0.1, -0.05) is 42.5 Å². The average Bonchev–Trinajstić information content (AvgIpc) is 3.17. The van der Waals surface area contributed by atoms with E-state index < -0.39 is 0 Å². The van der Waals surface area contributed by atoms with Gasteiger partial charge in [-0.05, 0) is 24.6 Å². The van der Waals surface area contributed by atoms with E-state index in [-0.39, 0.29) is 0 Å². The van der Waals surface area contributed by atoms with Crippen LogP contribution >= 0.6 is 11.3 Å². The Morgan fingerprint density at radius 1 is 0.913 bits per heavy atom. The van der Waals surface area contributed by atoms with Crippen molar-refractivity contribution in [3.05, 3.63) is 65.8 Å². The van der Waals surface area contributed by atoms with E-state index in [1.807, 2.05) is 25.1 Å². The molecule has 5 aromatic rings. The Kier molecular flexibility index (Phi) is 2.58. The average molecular weight is 315 g/mol. The zero-order valence-corrected chi connectivity index (χ0v) is 13.3. The molecule has 0 atom stereocenters. The number of thiophene rings is 1. The van der Waals surface area contributed by atoms with Gasteiger partial charge in [-0.2, -0.15) is 0 Å². The largest absolute Gasteiger partial charge is 0.280 e. The molecule has 3 nitrogen and oxygen atoms in total. The van der Waals surface area contributed by atoms with Crippen LogP contribution in [0.5, 0.6) is 0 Å². The first-order valence-corrected chi connectivity index (χ1v) is 8.41. The summed E-state index contributed by atoms with van der Waals surface area (Å²) in [5.41, 5.74) is 5.53. The van der Waals surface area contributed by atoms with E-state index in [4.69, 9.17) is 9.97 Å². The van der Waals surface area contributed by atoms with E-state index in [1.54, 1.807) is 11.3 Å². The van der Waals surface area contributed by atoms with Crippen molar-refractivity contribution >= 4 is 38.2 Å². The summed E-state index contributed by atoms with van der Waals surface area (Å²) in [5, 5.41) is 3.33. The van der Waals surface area contributed by atoms with Crippen molar-refractivity contribution in [3.8, 4) is 11.1 Å². The van der Waals surface area contributed by atoms with Crippen molar-refractivity contribution < 1.29 is 0 Å². The van der Waals surface area contributed by atoms with Gasteiger partial charge < -0.3 is 0 Å². The predicted molar refractivity (Wildman–Crippen MR) is 96.0 cm³/mol. The molecule has 0 spiro atoms. The Morgan fingerprint density at radius 3 is 2.57 bits per heavy atom. The highest BCUT2D eigenvalue weighted by Gasteiger charge is 2.16.